The number of nitrogens with zero attached hydrogens (tertiary/aromatic N) is 2. The zero-order valence-corrected chi connectivity index (χ0v) is 24.8. The molecule has 8 rings (SSSR count). The quantitative estimate of drug-likeness (QED) is 0.146. The van der Waals surface area contributed by atoms with Gasteiger partial charge in [-0.25, -0.2) is 0 Å². The molecule has 0 amide bonds. The van der Waals surface area contributed by atoms with Crippen LogP contribution in [0.3, 0.4) is 0 Å². The van der Waals surface area contributed by atoms with Gasteiger partial charge in [-0.1, -0.05) is 79.7 Å². The monoisotopic (exact) mass is 574 g/mol. The molecule has 1 fully saturated rings. The van der Waals surface area contributed by atoms with Crippen LogP contribution in [0.1, 0.15) is 25.3 Å². The standard InChI is InChI=1S/C40H34N2O2/c1-3-27-21-26(2)34(22-27)40(43)44-25-28-19-20-39-35(23-28)33-15-6-9-18-38(33)42(39)30-12-10-11-29(24-30)41-36-16-7-4-13-31(36)32-14-5-8-17-37(32)41/h3-20,23-24,26-27,34H,1,21-22,25H2,2H3. The molecule has 0 bridgehead atoms. The molecule has 0 spiro atoms. The third-order valence-corrected chi connectivity index (χ3v) is 9.60. The number of hydrogen-bond donors (Lipinski definition) is 0. The number of ether oxygens (including phenoxy) is 1. The molecule has 4 heteroatoms. The Balaban J connectivity index is 1.19. The maximum absolute atomic E-state index is 13.0. The smallest absolute Gasteiger partial charge is 0.309 e. The Morgan fingerprint density at radius 2 is 1.25 bits per heavy atom. The summed E-state index contributed by atoms with van der Waals surface area (Å²) in [6, 6.07) is 41.0. The zero-order chi connectivity index (χ0) is 29.8. The third kappa shape index (κ3) is 4.24. The van der Waals surface area contributed by atoms with Gasteiger partial charge < -0.3 is 13.9 Å². The van der Waals surface area contributed by atoms with E-state index in [0.717, 1.165) is 46.2 Å². The molecule has 1 saturated carbocycles. The number of benzene rings is 5. The zero-order valence-electron chi connectivity index (χ0n) is 24.8. The number of esters is 1. The van der Waals surface area contributed by atoms with Crippen molar-refractivity contribution in [3.63, 3.8) is 0 Å². The summed E-state index contributed by atoms with van der Waals surface area (Å²) in [5.74, 6) is 0.583. The fourth-order valence-electron chi connectivity index (χ4n) is 7.44. The van der Waals surface area contributed by atoms with Crippen molar-refractivity contribution in [1.82, 2.24) is 9.13 Å². The molecular formula is C40H34N2O2. The van der Waals surface area contributed by atoms with Crippen molar-refractivity contribution in [3.8, 4) is 11.4 Å². The molecule has 0 N–H and O–H groups in total. The summed E-state index contributed by atoms with van der Waals surface area (Å²) >= 11 is 0. The summed E-state index contributed by atoms with van der Waals surface area (Å²) in [7, 11) is 0. The average molecular weight is 575 g/mol. The van der Waals surface area contributed by atoms with Gasteiger partial charge in [-0.15, -0.1) is 6.58 Å². The Labute approximate surface area is 256 Å². The number of aromatic nitrogens is 2. The van der Waals surface area contributed by atoms with E-state index >= 15 is 0 Å². The lowest BCUT2D eigenvalue weighted by molar-refractivity contribution is -0.151. The van der Waals surface area contributed by atoms with Gasteiger partial charge in [0.2, 0.25) is 0 Å². The van der Waals surface area contributed by atoms with Crippen molar-refractivity contribution in [1.29, 1.82) is 0 Å². The minimum absolute atomic E-state index is 0.0505. The minimum Gasteiger partial charge on any atom is -0.461 e. The predicted octanol–water partition coefficient (Wildman–Crippen LogP) is 9.77. The molecule has 0 radical (unpaired) electrons. The van der Waals surface area contributed by atoms with Crippen LogP contribution in [-0.2, 0) is 16.1 Å². The lowest BCUT2D eigenvalue weighted by atomic mass is 9.98. The van der Waals surface area contributed by atoms with Gasteiger partial charge in [-0.3, -0.25) is 4.79 Å². The van der Waals surface area contributed by atoms with Crippen LogP contribution in [0.5, 0.6) is 0 Å². The van der Waals surface area contributed by atoms with Crippen molar-refractivity contribution < 1.29 is 9.53 Å². The highest BCUT2D eigenvalue weighted by Crippen LogP contribution is 2.38. The van der Waals surface area contributed by atoms with Gasteiger partial charge >= 0.3 is 5.97 Å². The number of carbonyl (C=O) groups excluding carboxylic acids is 1. The SMILES string of the molecule is C=CC1CC(C)C(C(=O)OCc2ccc3c(c2)c2ccccc2n3-c2cccc(-n3c4ccccc4c4ccccc43)c2)C1. The van der Waals surface area contributed by atoms with Gasteiger partial charge in [0, 0.05) is 32.9 Å². The first-order valence-corrected chi connectivity index (χ1v) is 15.5. The van der Waals surface area contributed by atoms with Gasteiger partial charge in [-0.2, -0.15) is 0 Å². The fraction of sp³-hybridized carbons (Fsp3) is 0.175. The molecule has 2 heterocycles. The summed E-state index contributed by atoms with van der Waals surface area (Å²) in [5, 5.41) is 4.83. The van der Waals surface area contributed by atoms with Gasteiger partial charge in [-0.05, 0) is 78.8 Å². The highest BCUT2D eigenvalue weighted by atomic mass is 16.5. The molecule has 0 aliphatic heterocycles. The van der Waals surface area contributed by atoms with Gasteiger partial charge in [0.25, 0.3) is 0 Å². The maximum Gasteiger partial charge on any atom is 0.309 e. The van der Waals surface area contributed by atoms with Crippen molar-refractivity contribution in [3.05, 3.63) is 133 Å². The molecule has 0 saturated heterocycles. The molecule has 216 valence electrons. The molecule has 3 atom stereocenters. The van der Waals surface area contributed by atoms with Crippen molar-refractivity contribution in [2.24, 2.45) is 17.8 Å². The first-order valence-electron chi connectivity index (χ1n) is 15.5. The third-order valence-electron chi connectivity index (χ3n) is 9.60. The molecule has 44 heavy (non-hydrogen) atoms. The lowest BCUT2D eigenvalue weighted by Crippen LogP contribution is -2.19. The van der Waals surface area contributed by atoms with Gasteiger partial charge in [0.1, 0.15) is 6.61 Å². The summed E-state index contributed by atoms with van der Waals surface area (Å²) in [6.07, 6.45) is 3.82. The number of rotatable bonds is 6. The van der Waals surface area contributed by atoms with Crippen LogP contribution in [0.25, 0.3) is 55.0 Å². The largest absolute Gasteiger partial charge is 0.461 e. The number of para-hydroxylation sites is 3. The Bertz CT molecular complexity index is 2160. The van der Waals surface area contributed by atoms with Crippen LogP contribution in [-0.4, -0.2) is 15.1 Å². The molecule has 1 aliphatic carbocycles. The molecule has 7 aromatic rings. The topological polar surface area (TPSA) is 36.2 Å². The number of carbonyl (C=O) groups is 1. The van der Waals surface area contributed by atoms with Crippen LogP contribution < -0.4 is 0 Å². The van der Waals surface area contributed by atoms with E-state index in [1.807, 2.05) is 6.08 Å². The molecule has 2 aromatic heterocycles. The van der Waals surface area contributed by atoms with E-state index in [2.05, 4.69) is 138 Å². The summed E-state index contributed by atoms with van der Waals surface area (Å²) in [4.78, 5) is 13.0. The Kier molecular flexibility index (Phi) is 6.37. The van der Waals surface area contributed by atoms with Crippen LogP contribution in [0.2, 0.25) is 0 Å². The Hall–Kier alpha value is -5.09. The summed E-state index contributed by atoms with van der Waals surface area (Å²) in [6.45, 7) is 6.35. The molecule has 3 unspecified atom stereocenters. The van der Waals surface area contributed by atoms with Crippen LogP contribution in [0.15, 0.2) is 128 Å². The van der Waals surface area contributed by atoms with Crippen LogP contribution in [0.4, 0.5) is 0 Å². The second kappa shape index (κ2) is 10.6. The average Bonchev–Trinajstić information content (AvgIpc) is 3.72. The first kappa shape index (κ1) is 26.5. The highest BCUT2D eigenvalue weighted by molar-refractivity contribution is 6.10. The van der Waals surface area contributed by atoms with Crippen LogP contribution >= 0.6 is 0 Å². The summed E-state index contributed by atoms with van der Waals surface area (Å²) in [5.41, 5.74) is 7.87. The van der Waals surface area contributed by atoms with E-state index in [9.17, 15) is 4.79 Å². The minimum atomic E-state index is -0.0914. The summed E-state index contributed by atoms with van der Waals surface area (Å²) < 4.78 is 10.6. The van der Waals surface area contributed by atoms with Crippen molar-refractivity contribution >= 4 is 49.6 Å². The molecule has 1 aliphatic rings. The van der Waals surface area contributed by atoms with E-state index < -0.39 is 0 Å². The van der Waals surface area contributed by atoms with Gasteiger partial charge in [0.05, 0.1) is 28.0 Å². The number of fused-ring (bicyclic) bond motifs is 6. The van der Waals surface area contributed by atoms with Crippen molar-refractivity contribution in [2.75, 3.05) is 0 Å². The number of hydrogen-bond acceptors (Lipinski definition) is 2. The molecule has 4 nitrogen and oxygen atoms in total. The van der Waals surface area contributed by atoms with E-state index in [0.29, 0.717) is 11.8 Å². The first-order chi connectivity index (χ1) is 21.6. The maximum atomic E-state index is 13.0. The number of allylic oxidation sites excluding steroid dienone is 1. The van der Waals surface area contributed by atoms with Gasteiger partial charge in [0.15, 0.2) is 0 Å². The van der Waals surface area contributed by atoms with Crippen LogP contribution in [0, 0.1) is 17.8 Å². The highest BCUT2D eigenvalue weighted by Gasteiger charge is 2.35. The second-order valence-corrected chi connectivity index (χ2v) is 12.3. The van der Waals surface area contributed by atoms with E-state index in [4.69, 9.17) is 4.74 Å². The van der Waals surface area contributed by atoms with E-state index in [1.165, 1.54) is 27.2 Å². The predicted molar refractivity (Wildman–Crippen MR) is 180 cm³/mol. The Morgan fingerprint density at radius 1 is 0.705 bits per heavy atom. The Morgan fingerprint density at radius 3 is 1.82 bits per heavy atom. The fourth-order valence-corrected chi connectivity index (χ4v) is 7.44. The van der Waals surface area contributed by atoms with E-state index in [1.54, 1.807) is 0 Å². The van der Waals surface area contributed by atoms with Crippen molar-refractivity contribution in [2.45, 2.75) is 26.4 Å². The normalized spacial score (nSPS) is 18.4. The second-order valence-electron chi connectivity index (χ2n) is 12.3. The molecule has 5 aromatic carbocycles. The van der Waals surface area contributed by atoms with E-state index in [-0.39, 0.29) is 18.5 Å². The molecular weight excluding hydrogens is 540 g/mol. The lowest BCUT2D eigenvalue weighted by Gasteiger charge is -2.14.